The van der Waals surface area contributed by atoms with Gasteiger partial charge >= 0.3 is 7.82 Å². The number of rotatable bonds is 5. The van der Waals surface area contributed by atoms with E-state index >= 15 is 0 Å². The molecule has 1 rings (SSSR count). The maximum atomic E-state index is 10.7. The molecule has 0 saturated heterocycles. The van der Waals surface area contributed by atoms with Crippen LogP contribution >= 0.6 is 7.82 Å². The van der Waals surface area contributed by atoms with Crippen molar-refractivity contribution in [1.82, 2.24) is 0 Å². The van der Waals surface area contributed by atoms with E-state index in [0.717, 1.165) is 12.7 Å². The highest BCUT2D eigenvalue weighted by Gasteiger charge is 2.21. The highest BCUT2D eigenvalue weighted by Crippen LogP contribution is 2.42. The summed E-state index contributed by atoms with van der Waals surface area (Å²) in [6, 6.07) is 0. The number of carbonyl (C=O) groups excluding carboxylic acids is 1. The van der Waals surface area contributed by atoms with Gasteiger partial charge in [0, 0.05) is 6.42 Å². The number of phosphoric ester groups is 1. The molecule has 8 heteroatoms. The van der Waals surface area contributed by atoms with Crippen molar-refractivity contribution in [3.05, 3.63) is 28.4 Å². The lowest BCUT2D eigenvalue weighted by molar-refractivity contribution is -0.107. The van der Waals surface area contributed by atoms with Crippen molar-refractivity contribution in [2.45, 2.75) is 25.7 Å². The molecule has 1 aliphatic carbocycles. The first-order chi connectivity index (χ1) is 8.44. The fourth-order valence-corrected chi connectivity index (χ4v) is 1.82. The first-order valence-electron chi connectivity index (χ1n) is 5.24. The summed E-state index contributed by atoms with van der Waals surface area (Å²) in [4.78, 5) is 36.1. The summed E-state index contributed by atoms with van der Waals surface area (Å²) < 4.78 is 15.2. The van der Waals surface area contributed by atoms with Crippen LogP contribution in [0.2, 0.25) is 0 Å². The van der Waals surface area contributed by atoms with E-state index < -0.39 is 7.82 Å². The van der Waals surface area contributed by atoms with Gasteiger partial charge in [0.1, 0.15) is 12.0 Å². The lowest BCUT2D eigenvalue weighted by atomic mass is 10.0. The summed E-state index contributed by atoms with van der Waals surface area (Å²) >= 11 is 0. The molecule has 0 atom stereocenters. The van der Waals surface area contributed by atoms with Gasteiger partial charge in [-0.05, 0) is 30.9 Å². The van der Waals surface area contributed by atoms with Crippen LogP contribution in [-0.2, 0) is 13.9 Å². The van der Waals surface area contributed by atoms with Crippen LogP contribution in [0.3, 0.4) is 0 Å². The molecule has 0 aromatic rings. The van der Waals surface area contributed by atoms with Crippen LogP contribution in [0.1, 0.15) is 25.7 Å². The Hall–Kier alpha value is -1.30. The van der Waals surface area contributed by atoms with Crippen LogP contribution < -0.4 is 0 Å². The van der Waals surface area contributed by atoms with Gasteiger partial charge in [0.2, 0.25) is 0 Å². The summed E-state index contributed by atoms with van der Waals surface area (Å²) in [5, 5.41) is 2.25. The van der Waals surface area contributed by atoms with Crippen LogP contribution in [0.25, 0.3) is 0 Å². The number of nitrogens with zero attached hydrogens (tertiary/aromatic N) is 1. The maximum Gasteiger partial charge on any atom is 0.524 e. The normalized spacial score (nSPS) is 14.6. The SMILES string of the molecule is CN=O.O=CCCC1=CCCC=C1OP(=O)(O)O. The van der Waals surface area contributed by atoms with Gasteiger partial charge in [-0.15, -0.1) is 0 Å². The van der Waals surface area contributed by atoms with Crippen LogP contribution in [0.15, 0.2) is 28.7 Å². The number of aldehydes is 1. The number of carbonyl (C=O) groups is 1. The molecule has 102 valence electrons. The van der Waals surface area contributed by atoms with E-state index in [0.29, 0.717) is 24.8 Å². The number of phosphoric acid groups is 1. The smallest absolute Gasteiger partial charge is 0.404 e. The predicted molar refractivity (Wildman–Crippen MR) is 65.5 cm³/mol. The standard InChI is InChI=1S/C9H13O5P.CH3NO/c10-7-3-5-8-4-1-2-6-9(8)14-15(11,12)13;1-2-3/h4,6-7H,1-3,5H2,(H2,11,12,13);1H3. The van der Waals surface area contributed by atoms with Gasteiger partial charge in [0.05, 0.1) is 7.05 Å². The van der Waals surface area contributed by atoms with Crippen LogP contribution in [-0.4, -0.2) is 23.1 Å². The minimum absolute atomic E-state index is 0.205. The minimum atomic E-state index is -4.50. The Bertz CT molecular complexity index is 384. The number of hydrogen-bond acceptors (Lipinski definition) is 5. The Kier molecular flexibility index (Phi) is 8.11. The molecule has 0 bridgehead atoms. The van der Waals surface area contributed by atoms with Gasteiger partial charge in [-0.2, -0.15) is 4.91 Å². The molecule has 0 aromatic heterocycles. The molecule has 0 heterocycles. The molecule has 0 aromatic carbocycles. The first kappa shape index (κ1) is 16.7. The first-order valence-corrected chi connectivity index (χ1v) is 6.77. The number of allylic oxidation sites excluding steroid dienone is 3. The number of nitroso groups, excluding NO2 is 1. The molecule has 0 aliphatic heterocycles. The van der Waals surface area contributed by atoms with E-state index in [1.165, 1.54) is 7.05 Å². The summed E-state index contributed by atoms with van der Waals surface area (Å²) in [6.45, 7) is 0. The van der Waals surface area contributed by atoms with E-state index in [2.05, 4.69) is 9.70 Å². The zero-order valence-electron chi connectivity index (χ0n) is 9.98. The number of hydrogen-bond donors (Lipinski definition) is 2. The van der Waals surface area contributed by atoms with Crippen LogP contribution in [0.4, 0.5) is 0 Å². The third-order valence-electron chi connectivity index (χ3n) is 1.95. The zero-order chi connectivity index (χ0) is 14.0. The summed E-state index contributed by atoms with van der Waals surface area (Å²) in [5.74, 6) is 0.205. The molecule has 18 heavy (non-hydrogen) atoms. The minimum Gasteiger partial charge on any atom is -0.404 e. The van der Waals surface area contributed by atoms with Crippen molar-refractivity contribution >= 4 is 14.1 Å². The molecule has 0 radical (unpaired) electrons. The molecule has 0 fully saturated rings. The monoisotopic (exact) mass is 277 g/mol. The Labute approximate surface area is 105 Å². The van der Waals surface area contributed by atoms with Gasteiger partial charge in [-0.1, -0.05) is 11.3 Å². The largest absolute Gasteiger partial charge is 0.524 e. The van der Waals surface area contributed by atoms with E-state index in [-0.39, 0.29) is 5.76 Å². The van der Waals surface area contributed by atoms with Crippen molar-refractivity contribution in [2.24, 2.45) is 5.18 Å². The summed E-state index contributed by atoms with van der Waals surface area (Å²) in [5.41, 5.74) is 0.691. The second kappa shape index (κ2) is 8.74. The summed E-state index contributed by atoms with van der Waals surface area (Å²) in [6.07, 6.45) is 6.53. The molecule has 2 N–H and O–H groups in total. The van der Waals surface area contributed by atoms with Gasteiger partial charge < -0.3 is 9.32 Å². The molecule has 1 aliphatic rings. The average molecular weight is 277 g/mol. The highest BCUT2D eigenvalue weighted by atomic mass is 31.2. The van der Waals surface area contributed by atoms with Crippen molar-refractivity contribution in [1.29, 1.82) is 0 Å². The Balaban J connectivity index is 0.000000873. The van der Waals surface area contributed by atoms with Gasteiger partial charge in [-0.25, -0.2) is 4.57 Å². The lowest BCUT2D eigenvalue weighted by Gasteiger charge is -2.16. The maximum absolute atomic E-state index is 10.7. The fourth-order valence-electron chi connectivity index (χ4n) is 1.37. The molecule has 0 spiro atoms. The Morgan fingerprint density at radius 3 is 2.50 bits per heavy atom. The highest BCUT2D eigenvalue weighted by molar-refractivity contribution is 7.46. The Morgan fingerprint density at radius 1 is 1.44 bits per heavy atom. The molecule has 0 saturated carbocycles. The Morgan fingerprint density at radius 2 is 2.00 bits per heavy atom. The van der Waals surface area contributed by atoms with Crippen molar-refractivity contribution in [3.8, 4) is 0 Å². The van der Waals surface area contributed by atoms with Crippen molar-refractivity contribution in [2.75, 3.05) is 7.05 Å². The molecular weight excluding hydrogens is 261 g/mol. The molecule has 0 unspecified atom stereocenters. The molecule has 7 nitrogen and oxygen atoms in total. The van der Waals surface area contributed by atoms with E-state index in [1.54, 1.807) is 6.08 Å². The van der Waals surface area contributed by atoms with Crippen molar-refractivity contribution < 1.29 is 23.7 Å². The third kappa shape index (κ3) is 7.89. The van der Waals surface area contributed by atoms with Crippen LogP contribution in [0, 0.1) is 4.91 Å². The molecular formula is C10H16NO6P. The van der Waals surface area contributed by atoms with E-state index in [4.69, 9.17) is 14.7 Å². The topological polar surface area (TPSA) is 113 Å². The van der Waals surface area contributed by atoms with Crippen molar-refractivity contribution in [3.63, 3.8) is 0 Å². The van der Waals surface area contributed by atoms with E-state index in [9.17, 15) is 9.36 Å². The third-order valence-corrected chi connectivity index (χ3v) is 2.39. The van der Waals surface area contributed by atoms with Crippen LogP contribution in [0.5, 0.6) is 0 Å². The average Bonchev–Trinajstić information content (AvgIpc) is 2.27. The van der Waals surface area contributed by atoms with E-state index in [1.807, 2.05) is 6.08 Å². The van der Waals surface area contributed by atoms with Gasteiger partial charge in [0.15, 0.2) is 0 Å². The fraction of sp³-hybridized carbons (Fsp3) is 0.500. The quantitative estimate of drug-likeness (QED) is 0.451. The second-order valence-electron chi connectivity index (χ2n) is 3.34. The predicted octanol–water partition coefficient (Wildman–Crippen LogP) is 2.06. The van der Waals surface area contributed by atoms with Gasteiger partial charge in [0.25, 0.3) is 0 Å². The molecule has 0 amide bonds. The summed E-state index contributed by atoms with van der Waals surface area (Å²) in [7, 11) is -3.31. The lowest BCUT2D eigenvalue weighted by Crippen LogP contribution is -1.99. The zero-order valence-corrected chi connectivity index (χ0v) is 10.9. The second-order valence-corrected chi connectivity index (χ2v) is 4.51. The van der Waals surface area contributed by atoms with Gasteiger partial charge in [-0.3, -0.25) is 9.79 Å².